The highest BCUT2D eigenvalue weighted by molar-refractivity contribution is 5.07. The van der Waals surface area contributed by atoms with Crippen molar-refractivity contribution in [2.24, 2.45) is 0 Å². The molecular weight excluding hydrogens is 240 g/mol. The molecule has 2 N–H and O–H groups in total. The topological polar surface area (TPSA) is 77.4 Å². The van der Waals surface area contributed by atoms with Crippen LogP contribution in [0.2, 0.25) is 0 Å². The summed E-state index contributed by atoms with van der Waals surface area (Å²) in [5, 5.41) is 20.6. The highest BCUT2D eigenvalue weighted by Gasteiger charge is 2.62. The molecular formula is C12H20O6. The Labute approximate surface area is 106 Å². The molecule has 3 aliphatic rings. The molecule has 1 aliphatic carbocycles. The third-order valence-corrected chi connectivity index (χ3v) is 3.67. The lowest BCUT2D eigenvalue weighted by atomic mass is 9.85. The van der Waals surface area contributed by atoms with Crippen molar-refractivity contribution in [2.45, 2.75) is 75.9 Å². The van der Waals surface area contributed by atoms with Crippen molar-refractivity contribution in [3.05, 3.63) is 0 Å². The summed E-state index contributed by atoms with van der Waals surface area (Å²) in [5.74, 6) is -1.63. The van der Waals surface area contributed by atoms with Gasteiger partial charge in [0.25, 0.3) is 0 Å². The van der Waals surface area contributed by atoms with Crippen LogP contribution in [-0.2, 0) is 18.9 Å². The van der Waals surface area contributed by atoms with Crippen LogP contribution in [0, 0.1) is 0 Å². The molecule has 18 heavy (non-hydrogen) atoms. The molecule has 2 heterocycles. The molecule has 0 bridgehead atoms. The van der Waals surface area contributed by atoms with Crippen molar-refractivity contribution < 1.29 is 29.2 Å². The van der Waals surface area contributed by atoms with E-state index in [2.05, 4.69) is 0 Å². The molecule has 104 valence electrons. The molecule has 0 spiro atoms. The molecule has 6 nitrogen and oxygen atoms in total. The predicted molar refractivity (Wildman–Crippen MR) is 59.7 cm³/mol. The van der Waals surface area contributed by atoms with Crippen LogP contribution >= 0.6 is 0 Å². The Hall–Kier alpha value is -0.240. The summed E-state index contributed by atoms with van der Waals surface area (Å²) in [6.45, 7) is 7.02. The van der Waals surface area contributed by atoms with Crippen molar-refractivity contribution in [1.29, 1.82) is 0 Å². The smallest absolute Gasteiger partial charge is 0.164 e. The molecule has 2 unspecified atom stereocenters. The molecule has 3 rings (SSSR count). The minimum Gasteiger partial charge on any atom is -0.387 e. The number of ether oxygens (including phenoxy) is 4. The Bertz CT molecular complexity index is 292. The molecule has 6 heteroatoms. The Morgan fingerprint density at radius 1 is 0.611 bits per heavy atom. The van der Waals surface area contributed by atoms with E-state index < -0.39 is 48.2 Å². The average Bonchev–Trinajstić information content (AvgIpc) is 2.72. The molecule has 0 aromatic rings. The van der Waals surface area contributed by atoms with Crippen LogP contribution in [0.5, 0.6) is 0 Å². The van der Waals surface area contributed by atoms with E-state index in [1.807, 2.05) is 0 Å². The molecule has 0 aromatic carbocycles. The van der Waals surface area contributed by atoms with Crippen molar-refractivity contribution in [3.63, 3.8) is 0 Å². The monoisotopic (exact) mass is 260 g/mol. The third kappa shape index (κ3) is 1.79. The summed E-state index contributed by atoms with van der Waals surface area (Å²) < 4.78 is 22.6. The summed E-state index contributed by atoms with van der Waals surface area (Å²) >= 11 is 0. The van der Waals surface area contributed by atoms with Crippen LogP contribution in [0.25, 0.3) is 0 Å². The molecule has 0 radical (unpaired) electrons. The largest absolute Gasteiger partial charge is 0.387 e. The van der Waals surface area contributed by atoms with Gasteiger partial charge in [0.15, 0.2) is 11.6 Å². The highest BCUT2D eigenvalue weighted by atomic mass is 16.8. The van der Waals surface area contributed by atoms with Crippen molar-refractivity contribution in [2.75, 3.05) is 0 Å². The standard InChI is InChI=1S/C12H20O6/c1-11(2)15-7-5(13)9-10(6(14)8(7)16-11)18-12(3,4)17-9/h5-10,13-14H,1-4H3/t5?,6?,7-,8-,9-,10+/m0/s1. The molecule has 0 aromatic heterocycles. The lowest BCUT2D eigenvalue weighted by Gasteiger charge is -2.38. The summed E-state index contributed by atoms with van der Waals surface area (Å²) in [5.41, 5.74) is 0. The van der Waals surface area contributed by atoms with E-state index in [1.165, 1.54) is 0 Å². The molecule has 2 aliphatic heterocycles. The Morgan fingerprint density at radius 2 is 0.833 bits per heavy atom. The van der Waals surface area contributed by atoms with Crippen molar-refractivity contribution in [3.8, 4) is 0 Å². The zero-order valence-corrected chi connectivity index (χ0v) is 11.0. The minimum absolute atomic E-state index is 0.589. The van der Waals surface area contributed by atoms with E-state index >= 15 is 0 Å². The first kappa shape index (κ1) is 12.8. The van der Waals surface area contributed by atoms with Gasteiger partial charge in [-0.1, -0.05) is 0 Å². The number of fused-ring (bicyclic) bond motifs is 2. The number of hydrogen-bond acceptors (Lipinski definition) is 6. The maximum absolute atomic E-state index is 10.3. The van der Waals surface area contributed by atoms with E-state index in [1.54, 1.807) is 27.7 Å². The van der Waals surface area contributed by atoms with Gasteiger partial charge in [-0.15, -0.1) is 0 Å². The second-order valence-corrected chi connectivity index (χ2v) is 6.11. The van der Waals surface area contributed by atoms with Gasteiger partial charge in [0.1, 0.15) is 36.6 Å². The van der Waals surface area contributed by atoms with Gasteiger partial charge in [-0.25, -0.2) is 0 Å². The molecule has 6 atom stereocenters. The fourth-order valence-electron chi connectivity index (χ4n) is 3.06. The van der Waals surface area contributed by atoms with E-state index in [4.69, 9.17) is 18.9 Å². The summed E-state index contributed by atoms with van der Waals surface area (Å²) in [6, 6.07) is 0. The third-order valence-electron chi connectivity index (χ3n) is 3.67. The number of hydrogen-bond donors (Lipinski definition) is 2. The maximum Gasteiger partial charge on any atom is 0.164 e. The van der Waals surface area contributed by atoms with E-state index in [0.717, 1.165) is 0 Å². The van der Waals surface area contributed by atoms with Gasteiger partial charge in [0.2, 0.25) is 0 Å². The second-order valence-electron chi connectivity index (χ2n) is 6.11. The summed E-state index contributed by atoms with van der Waals surface area (Å²) in [6.07, 6.45) is -4.09. The normalized spacial score (nSPS) is 53.0. The van der Waals surface area contributed by atoms with E-state index in [-0.39, 0.29) is 0 Å². The fourth-order valence-corrected chi connectivity index (χ4v) is 3.06. The highest BCUT2D eigenvalue weighted by Crippen LogP contribution is 2.43. The van der Waals surface area contributed by atoms with Gasteiger partial charge in [0.05, 0.1) is 0 Å². The van der Waals surface area contributed by atoms with Gasteiger partial charge in [-0.05, 0) is 27.7 Å². The average molecular weight is 260 g/mol. The van der Waals surface area contributed by atoms with Crippen LogP contribution in [0.1, 0.15) is 27.7 Å². The SMILES string of the molecule is CC1(C)O[C@@H]2C(O)[C@@H]3OC(C)(C)O[C@H]3C(O)[C@@H]2O1. The van der Waals surface area contributed by atoms with Gasteiger partial charge >= 0.3 is 0 Å². The first-order valence-electron chi connectivity index (χ1n) is 6.28. The molecule has 2 saturated heterocycles. The van der Waals surface area contributed by atoms with Crippen LogP contribution in [0.4, 0.5) is 0 Å². The van der Waals surface area contributed by atoms with Crippen molar-refractivity contribution >= 4 is 0 Å². The number of aliphatic hydroxyl groups is 2. The fraction of sp³-hybridized carbons (Fsp3) is 1.00. The quantitative estimate of drug-likeness (QED) is 0.626. The van der Waals surface area contributed by atoms with Crippen LogP contribution in [0.3, 0.4) is 0 Å². The molecule has 0 amide bonds. The van der Waals surface area contributed by atoms with Crippen LogP contribution in [-0.4, -0.2) is 58.4 Å². The predicted octanol–water partition coefficient (Wildman–Crippen LogP) is -0.238. The lowest BCUT2D eigenvalue weighted by molar-refractivity contribution is -0.183. The number of aliphatic hydroxyl groups excluding tert-OH is 2. The second kappa shape index (κ2) is 3.65. The van der Waals surface area contributed by atoms with Crippen molar-refractivity contribution in [1.82, 2.24) is 0 Å². The van der Waals surface area contributed by atoms with Crippen LogP contribution in [0.15, 0.2) is 0 Å². The summed E-state index contributed by atoms with van der Waals surface area (Å²) in [7, 11) is 0. The molecule has 1 saturated carbocycles. The summed E-state index contributed by atoms with van der Waals surface area (Å²) in [4.78, 5) is 0. The minimum atomic E-state index is -0.869. The Kier molecular flexibility index (Phi) is 2.59. The lowest BCUT2D eigenvalue weighted by Crippen LogP contribution is -2.61. The molecule has 3 fully saturated rings. The van der Waals surface area contributed by atoms with Crippen LogP contribution < -0.4 is 0 Å². The zero-order valence-electron chi connectivity index (χ0n) is 11.0. The van der Waals surface area contributed by atoms with Gasteiger partial charge in [-0.2, -0.15) is 0 Å². The Morgan fingerprint density at radius 3 is 1.06 bits per heavy atom. The maximum atomic E-state index is 10.3. The van der Waals surface area contributed by atoms with Gasteiger partial charge < -0.3 is 29.2 Å². The zero-order chi connectivity index (χ0) is 13.3. The van der Waals surface area contributed by atoms with Gasteiger partial charge in [0, 0.05) is 0 Å². The first-order valence-corrected chi connectivity index (χ1v) is 6.28. The Balaban J connectivity index is 1.88. The van der Waals surface area contributed by atoms with E-state index in [9.17, 15) is 10.2 Å². The first-order chi connectivity index (χ1) is 8.20. The number of rotatable bonds is 0. The van der Waals surface area contributed by atoms with Gasteiger partial charge in [-0.3, -0.25) is 0 Å². The van der Waals surface area contributed by atoms with E-state index in [0.29, 0.717) is 0 Å².